The highest BCUT2D eigenvalue weighted by molar-refractivity contribution is 5.74. The molecule has 2 atom stereocenters. The van der Waals surface area contributed by atoms with E-state index in [9.17, 15) is 4.79 Å². The van der Waals surface area contributed by atoms with E-state index in [-0.39, 0.29) is 18.2 Å². The summed E-state index contributed by atoms with van der Waals surface area (Å²) < 4.78 is 11.7. The van der Waals surface area contributed by atoms with Crippen molar-refractivity contribution in [1.29, 1.82) is 5.26 Å². The zero-order chi connectivity index (χ0) is 17.6. The second kappa shape index (κ2) is 8.19. The average Bonchev–Trinajstić information content (AvgIpc) is 2.62. The molecule has 7 heteroatoms. The van der Waals surface area contributed by atoms with Crippen LogP contribution in [0.15, 0.2) is 24.3 Å². The molecule has 1 N–H and O–H groups in total. The number of rotatable bonds is 5. The van der Waals surface area contributed by atoms with Gasteiger partial charge in [-0.25, -0.2) is 4.79 Å². The molecule has 134 valence electrons. The van der Waals surface area contributed by atoms with E-state index in [1.807, 2.05) is 24.0 Å². The molecule has 0 saturated carbocycles. The van der Waals surface area contributed by atoms with Crippen LogP contribution in [-0.2, 0) is 4.74 Å². The standard InChI is InChI=1S/C18H24N4O3/c1-2-20-18(23)22-12-16-10-21(11-17(13-22)25-16)7-8-24-15-5-3-14(9-19)4-6-15/h3-6,16-17H,2,7-8,10-13H2,1H3,(H,20,23). The molecular formula is C18H24N4O3. The summed E-state index contributed by atoms with van der Waals surface area (Å²) in [6.45, 7) is 6.86. The van der Waals surface area contributed by atoms with Crippen LogP contribution in [0.5, 0.6) is 5.75 Å². The van der Waals surface area contributed by atoms with Gasteiger partial charge >= 0.3 is 6.03 Å². The summed E-state index contributed by atoms with van der Waals surface area (Å²) in [5, 5.41) is 11.7. The first-order valence-corrected chi connectivity index (χ1v) is 8.71. The summed E-state index contributed by atoms with van der Waals surface area (Å²) >= 11 is 0. The van der Waals surface area contributed by atoms with Gasteiger partial charge in [0.2, 0.25) is 0 Å². The molecule has 1 aromatic carbocycles. The van der Waals surface area contributed by atoms with E-state index < -0.39 is 0 Å². The maximum Gasteiger partial charge on any atom is 0.317 e. The Balaban J connectivity index is 1.44. The maximum atomic E-state index is 12.0. The highest BCUT2D eigenvalue weighted by Gasteiger charge is 2.36. The van der Waals surface area contributed by atoms with Crippen molar-refractivity contribution in [2.24, 2.45) is 0 Å². The van der Waals surface area contributed by atoms with Gasteiger partial charge in [-0.3, -0.25) is 4.90 Å². The van der Waals surface area contributed by atoms with Crippen LogP contribution in [0, 0.1) is 11.3 Å². The van der Waals surface area contributed by atoms with Crippen molar-refractivity contribution in [1.82, 2.24) is 15.1 Å². The number of amides is 2. The van der Waals surface area contributed by atoms with Crippen molar-refractivity contribution < 1.29 is 14.3 Å². The fraction of sp³-hybridized carbons (Fsp3) is 0.556. The summed E-state index contributed by atoms with van der Waals surface area (Å²) in [5.41, 5.74) is 0.630. The lowest BCUT2D eigenvalue weighted by atomic mass is 10.1. The third-order valence-corrected chi connectivity index (χ3v) is 4.43. The number of nitriles is 1. The summed E-state index contributed by atoms with van der Waals surface area (Å²) in [5.74, 6) is 0.773. The molecule has 0 aliphatic carbocycles. The van der Waals surface area contributed by atoms with Gasteiger partial charge in [0.25, 0.3) is 0 Å². The van der Waals surface area contributed by atoms with Gasteiger partial charge in [-0.1, -0.05) is 0 Å². The first kappa shape index (κ1) is 17.5. The number of carbonyl (C=O) groups excluding carboxylic acids is 1. The van der Waals surface area contributed by atoms with Gasteiger partial charge in [0.15, 0.2) is 0 Å². The minimum Gasteiger partial charge on any atom is -0.492 e. The molecule has 2 heterocycles. The summed E-state index contributed by atoms with van der Waals surface area (Å²) in [7, 11) is 0. The number of hydrogen-bond donors (Lipinski definition) is 1. The van der Waals surface area contributed by atoms with Gasteiger partial charge < -0.3 is 19.7 Å². The molecule has 1 aromatic rings. The fourth-order valence-electron chi connectivity index (χ4n) is 3.31. The number of benzene rings is 1. The SMILES string of the molecule is CCNC(=O)N1CC2CN(CCOc3ccc(C#N)cc3)CC(C1)O2. The predicted octanol–water partition coefficient (Wildman–Crippen LogP) is 1.05. The molecule has 3 rings (SSSR count). The molecule has 2 aliphatic rings. The van der Waals surface area contributed by atoms with Gasteiger partial charge in [0.05, 0.1) is 23.8 Å². The molecule has 0 aromatic heterocycles. The van der Waals surface area contributed by atoms with Crippen molar-refractivity contribution in [3.63, 3.8) is 0 Å². The van der Waals surface area contributed by atoms with E-state index in [4.69, 9.17) is 14.7 Å². The smallest absolute Gasteiger partial charge is 0.317 e. The molecule has 2 fully saturated rings. The highest BCUT2D eigenvalue weighted by atomic mass is 16.5. The van der Waals surface area contributed by atoms with E-state index in [1.54, 1.807) is 12.1 Å². The zero-order valence-electron chi connectivity index (χ0n) is 14.5. The van der Waals surface area contributed by atoms with E-state index in [1.165, 1.54) is 0 Å². The number of nitrogens with zero attached hydrogens (tertiary/aromatic N) is 3. The average molecular weight is 344 g/mol. The lowest BCUT2D eigenvalue weighted by Gasteiger charge is -2.45. The summed E-state index contributed by atoms with van der Waals surface area (Å²) in [6.07, 6.45) is 0.120. The van der Waals surface area contributed by atoms with Crippen LogP contribution in [0.3, 0.4) is 0 Å². The number of morpholine rings is 2. The van der Waals surface area contributed by atoms with Crippen molar-refractivity contribution >= 4 is 6.03 Å². The summed E-state index contributed by atoms with van der Waals surface area (Å²) in [4.78, 5) is 16.2. The largest absolute Gasteiger partial charge is 0.492 e. The van der Waals surface area contributed by atoms with Gasteiger partial charge in [-0.15, -0.1) is 0 Å². The van der Waals surface area contributed by atoms with Crippen LogP contribution in [0.2, 0.25) is 0 Å². The van der Waals surface area contributed by atoms with Gasteiger partial charge in [-0.2, -0.15) is 5.26 Å². The molecule has 0 radical (unpaired) electrons. The molecule has 2 amide bonds. The molecule has 25 heavy (non-hydrogen) atoms. The maximum absolute atomic E-state index is 12.0. The Morgan fingerprint density at radius 3 is 2.56 bits per heavy atom. The van der Waals surface area contributed by atoms with Crippen molar-refractivity contribution in [3.8, 4) is 11.8 Å². The number of hydrogen-bond acceptors (Lipinski definition) is 5. The monoisotopic (exact) mass is 344 g/mol. The first-order chi connectivity index (χ1) is 12.2. The van der Waals surface area contributed by atoms with Crippen molar-refractivity contribution in [3.05, 3.63) is 29.8 Å². The second-order valence-corrected chi connectivity index (χ2v) is 6.36. The molecule has 2 unspecified atom stereocenters. The quantitative estimate of drug-likeness (QED) is 0.864. The van der Waals surface area contributed by atoms with E-state index in [0.29, 0.717) is 31.8 Å². The van der Waals surface area contributed by atoms with E-state index in [0.717, 1.165) is 25.4 Å². The lowest BCUT2D eigenvalue weighted by molar-refractivity contribution is -0.129. The predicted molar refractivity (Wildman–Crippen MR) is 92.4 cm³/mol. The van der Waals surface area contributed by atoms with Crippen molar-refractivity contribution in [2.45, 2.75) is 19.1 Å². The van der Waals surface area contributed by atoms with Crippen LogP contribution in [0.25, 0.3) is 0 Å². The van der Waals surface area contributed by atoms with Gasteiger partial charge in [-0.05, 0) is 31.2 Å². The molecule has 2 saturated heterocycles. The zero-order valence-corrected chi connectivity index (χ0v) is 14.5. The second-order valence-electron chi connectivity index (χ2n) is 6.36. The summed E-state index contributed by atoms with van der Waals surface area (Å²) in [6, 6.07) is 9.23. The molecule has 7 nitrogen and oxygen atoms in total. The fourth-order valence-corrected chi connectivity index (χ4v) is 3.31. The third-order valence-electron chi connectivity index (χ3n) is 4.43. The van der Waals surface area contributed by atoms with Crippen LogP contribution >= 0.6 is 0 Å². The van der Waals surface area contributed by atoms with Crippen LogP contribution in [-0.4, -0.2) is 73.9 Å². The number of nitrogens with one attached hydrogen (secondary N) is 1. The molecular weight excluding hydrogens is 320 g/mol. The Labute approximate surface area is 148 Å². The number of urea groups is 1. The van der Waals surface area contributed by atoms with Gasteiger partial charge in [0, 0.05) is 39.3 Å². The Morgan fingerprint density at radius 2 is 1.96 bits per heavy atom. The number of carbonyl (C=O) groups is 1. The third kappa shape index (κ3) is 4.62. The van der Waals surface area contributed by atoms with E-state index >= 15 is 0 Å². The van der Waals surface area contributed by atoms with Gasteiger partial charge in [0.1, 0.15) is 12.4 Å². The van der Waals surface area contributed by atoms with Crippen LogP contribution < -0.4 is 10.1 Å². The van der Waals surface area contributed by atoms with Crippen molar-refractivity contribution in [2.75, 3.05) is 45.9 Å². The minimum absolute atomic E-state index is 0.00148. The van der Waals surface area contributed by atoms with E-state index in [2.05, 4.69) is 16.3 Å². The number of fused-ring (bicyclic) bond motifs is 2. The van der Waals surface area contributed by atoms with Crippen LogP contribution in [0.1, 0.15) is 12.5 Å². The molecule has 2 bridgehead atoms. The Kier molecular flexibility index (Phi) is 5.74. The lowest BCUT2D eigenvalue weighted by Crippen LogP contribution is -2.62. The molecule has 2 aliphatic heterocycles. The Morgan fingerprint density at radius 1 is 1.28 bits per heavy atom. The Hall–Kier alpha value is -2.30. The highest BCUT2D eigenvalue weighted by Crippen LogP contribution is 2.19. The number of ether oxygens (including phenoxy) is 2. The minimum atomic E-state index is -0.00148. The van der Waals surface area contributed by atoms with Crippen LogP contribution in [0.4, 0.5) is 4.79 Å². The Bertz CT molecular complexity index is 614. The molecule has 0 spiro atoms. The first-order valence-electron chi connectivity index (χ1n) is 8.71. The normalized spacial score (nSPS) is 23.0. The topological polar surface area (TPSA) is 77.8 Å².